The summed E-state index contributed by atoms with van der Waals surface area (Å²) in [6, 6.07) is 12.1. The van der Waals surface area contributed by atoms with E-state index in [0.29, 0.717) is 16.1 Å². The number of ether oxygens (including phenoxy) is 1. The van der Waals surface area contributed by atoms with Gasteiger partial charge in [-0.25, -0.2) is 9.48 Å². The fraction of sp³-hybridized carbons (Fsp3) is 0.111. The number of esters is 1. The Hall–Kier alpha value is -3.44. The highest BCUT2D eigenvalue weighted by molar-refractivity contribution is 7.14. The smallest absolute Gasteiger partial charge is 0.338 e. The van der Waals surface area contributed by atoms with Crippen LogP contribution in [0.4, 0.5) is 5.00 Å². The Morgan fingerprint density at radius 3 is 2.73 bits per heavy atom. The summed E-state index contributed by atoms with van der Waals surface area (Å²) in [5, 5.41) is 17.8. The van der Waals surface area contributed by atoms with Gasteiger partial charge in [-0.2, -0.15) is 10.4 Å². The number of anilines is 1. The van der Waals surface area contributed by atoms with E-state index in [4.69, 9.17) is 10.00 Å². The summed E-state index contributed by atoms with van der Waals surface area (Å²) < 4.78 is 6.87. The van der Waals surface area contributed by atoms with E-state index < -0.39 is 18.0 Å². The van der Waals surface area contributed by atoms with Gasteiger partial charge in [-0.05, 0) is 48.7 Å². The van der Waals surface area contributed by atoms with Crippen LogP contribution in [-0.2, 0) is 9.53 Å². The molecule has 0 saturated carbocycles. The van der Waals surface area contributed by atoms with Gasteiger partial charge < -0.3 is 10.1 Å². The maximum atomic E-state index is 12.2. The van der Waals surface area contributed by atoms with Crippen LogP contribution in [0, 0.1) is 11.3 Å². The molecule has 1 N–H and O–H groups in total. The maximum absolute atomic E-state index is 12.2. The third kappa shape index (κ3) is 3.79. The van der Waals surface area contributed by atoms with Crippen molar-refractivity contribution in [3.8, 4) is 11.8 Å². The minimum atomic E-state index is -0.998. The third-order valence-corrected chi connectivity index (χ3v) is 4.38. The number of hydrogen-bond donors (Lipinski definition) is 1. The summed E-state index contributed by atoms with van der Waals surface area (Å²) in [6.07, 6.45) is 2.45. The molecule has 26 heavy (non-hydrogen) atoms. The highest BCUT2D eigenvalue weighted by atomic mass is 32.1. The van der Waals surface area contributed by atoms with Gasteiger partial charge in [0, 0.05) is 12.4 Å². The molecule has 0 unspecified atom stereocenters. The van der Waals surface area contributed by atoms with Gasteiger partial charge in [-0.15, -0.1) is 11.3 Å². The van der Waals surface area contributed by atoms with Crippen molar-refractivity contribution in [3.63, 3.8) is 0 Å². The van der Waals surface area contributed by atoms with Gasteiger partial charge in [0.15, 0.2) is 6.10 Å². The first-order valence-electron chi connectivity index (χ1n) is 7.68. The minimum absolute atomic E-state index is 0.328. The molecule has 130 valence electrons. The number of amides is 1. The van der Waals surface area contributed by atoms with E-state index in [1.54, 1.807) is 58.9 Å². The van der Waals surface area contributed by atoms with Crippen LogP contribution in [0.3, 0.4) is 0 Å². The molecule has 1 atom stereocenters. The van der Waals surface area contributed by atoms with E-state index in [9.17, 15) is 9.59 Å². The molecule has 2 heterocycles. The van der Waals surface area contributed by atoms with Crippen LogP contribution < -0.4 is 5.32 Å². The van der Waals surface area contributed by atoms with Crippen molar-refractivity contribution in [3.05, 3.63) is 65.3 Å². The van der Waals surface area contributed by atoms with E-state index in [1.807, 2.05) is 6.07 Å². The SMILES string of the molecule is C[C@H](OC(=O)c1ccc(-n2cccn2)cc1)C(=O)Nc1sccc1C#N. The standard InChI is InChI=1S/C18H14N4O3S/c1-12(16(23)21-17-14(11-19)7-10-26-17)25-18(24)13-3-5-15(6-4-13)22-9-2-8-20-22/h2-10,12H,1H3,(H,21,23)/t12-/m0/s1. The van der Waals surface area contributed by atoms with Crippen LogP contribution in [0.15, 0.2) is 54.2 Å². The van der Waals surface area contributed by atoms with Gasteiger partial charge in [0.2, 0.25) is 0 Å². The molecule has 0 aliphatic carbocycles. The van der Waals surface area contributed by atoms with Crippen molar-refractivity contribution in [1.82, 2.24) is 9.78 Å². The van der Waals surface area contributed by atoms with Gasteiger partial charge in [-0.1, -0.05) is 0 Å². The topological polar surface area (TPSA) is 97.0 Å². The summed E-state index contributed by atoms with van der Waals surface area (Å²) in [5.41, 5.74) is 1.50. The molecule has 0 bridgehead atoms. The average molecular weight is 366 g/mol. The molecular weight excluding hydrogens is 352 g/mol. The van der Waals surface area contributed by atoms with Crippen molar-refractivity contribution in [2.45, 2.75) is 13.0 Å². The summed E-state index contributed by atoms with van der Waals surface area (Å²) in [7, 11) is 0. The highest BCUT2D eigenvalue weighted by Gasteiger charge is 2.20. The first-order chi connectivity index (χ1) is 12.6. The number of nitrogens with one attached hydrogen (secondary N) is 1. The van der Waals surface area contributed by atoms with Crippen molar-refractivity contribution in [1.29, 1.82) is 5.26 Å². The molecule has 0 spiro atoms. The van der Waals surface area contributed by atoms with E-state index in [2.05, 4.69) is 10.4 Å². The second-order valence-electron chi connectivity index (χ2n) is 5.31. The number of thiophene rings is 1. The van der Waals surface area contributed by atoms with Crippen LogP contribution in [0.1, 0.15) is 22.8 Å². The fourth-order valence-electron chi connectivity index (χ4n) is 2.16. The zero-order chi connectivity index (χ0) is 18.5. The van der Waals surface area contributed by atoms with Crippen LogP contribution in [0.5, 0.6) is 0 Å². The number of benzene rings is 1. The molecule has 0 aliphatic heterocycles. The zero-order valence-corrected chi connectivity index (χ0v) is 14.6. The predicted octanol–water partition coefficient (Wildman–Crippen LogP) is 2.99. The lowest BCUT2D eigenvalue weighted by Crippen LogP contribution is -2.29. The number of nitriles is 1. The van der Waals surface area contributed by atoms with E-state index in [-0.39, 0.29) is 0 Å². The third-order valence-electron chi connectivity index (χ3n) is 3.55. The molecule has 2 aromatic heterocycles. The molecule has 7 nitrogen and oxygen atoms in total. The Morgan fingerprint density at radius 2 is 2.08 bits per heavy atom. The Kier molecular flexibility index (Phi) is 5.10. The lowest BCUT2D eigenvalue weighted by atomic mass is 10.2. The van der Waals surface area contributed by atoms with E-state index in [0.717, 1.165) is 5.69 Å². The highest BCUT2D eigenvalue weighted by Crippen LogP contribution is 2.22. The molecule has 1 aromatic carbocycles. The van der Waals surface area contributed by atoms with Crippen molar-refractivity contribution >= 4 is 28.2 Å². The Balaban J connectivity index is 1.62. The van der Waals surface area contributed by atoms with Crippen molar-refractivity contribution < 1.29 is 14.3 Å². The second-order valence-corrected chi connectivity index (χ2v) is 6.23. The van der Waals surface area contributed by atoms with Gasteiger partial charge in [0.05, 0.1) is 16.8 Å². The number of nitrogens with zero attached hydrogens (tertiary/aromatic N) is 3. The summed E-state index contributed by atoms with van der Waals surface area (Å²) in [5.74, 6) is -1.10. The number of carbonyl (C=O) groups excluding carboxylic acids is 2. The van der Waals surface area contributed by atoms with Crippen LogP contribution in [0.25, 0.3) is 5.69 Å². The lowest BCUT2D eigenvalue weighted by Gasteiger charge is -2.13. The molecule has 1 amide bonds. The molecule has 0 aliphatic rings. The first-order valence-corrected chi connectivity index (χ1v) is 8.56. The zero-order valence-electron chi connectivity index (χ0n) is 13.7. The van der Waals surface area contributed by atoms with Gasteiger partial charge >= 0.3 is 5.97 Å². The van der Waals surface area contributed by atoms with Gasteiger partial charge in [0.1, 0.15) is 11.1 Å². The maximum Gasteiger partial charge on any atom is 0.338 e. The van der Waals surface area contributed by atoms with Crippen molar-refractivity contribution in [2.24, 2.45) is 0 Å². The Morgan fingerprint density at radius 1 is 1.31 bits per heavy atom. The number of aromatic nitrogens is 2. The van der Waals surface area contributed by atoms with Crippen LogP contribution >= 0.6 is 11.3 Å². The monoisotopic (exact) mass is 366 g/mol. The molecule has 0 radical (unpaired) electrons. The van der Waals surface area contributed by atoms with Gasteiger partial charge in [-0.3, -0.25) is 4.79 Å². The van der Waals surface area contributed by atoms with Crippen LogP contribution in [-0.4, -0.2) is 27.8 Å². The quantitative estimate of drug-likeness (QED) is 0.700. The van der Waals surface area contributed by atoms with Crippen LogP contribution in [0.2, 0.25) is 0 Å². The number of rotatable bonds is 5. The molecular formula is C18H14N4O3S. The van der Waals surface area contributed by atoms with E-state index in [1.165, 1.54) is 18.3 Å². The second kappa shape index (κ2) is 7.63. The predicted molar refractivity (Wildman–Crippen MR) is 96.1 cm³/mol. The summed E-state index contributed by atoms with van der Waals surface area (Å²) >= 11 is 1.23. The number of hydrogen-bond acceptors (Lipinski definition) is 6. The number of carbonyl (C=O) groups is 2. The van der Waals surface area contributed by atoms with E-state index >= 15 is 0 Å². The molecule has 3 aromatic rings. The average Bonchev–Trinajstić information content (AvgIpc) is 3.33. The largest absolute Gasteiger partial charge is 0.449 e. The summed E-state index contributed by atoms with van der Waals surface area (Å²) in [6.45, 7) is 1.48. The summed E-state index contributed by atoms with van der Waals surface area (Å²) in [4.78, 5) is 24.4. The first kappa shape index (κ1) is 17.4. The van der Waals surface area contributed by atoms with Crippen molar-refractivity contribution in [2.75, 3.05) is 5.32 Å². The molecule has 0 fully saturated rings. The minimum Gasteiger partial charge on any atom is -0.449 e. The fourth-order valence-corrected chi connectivity index (χ4v) is 2.90. The molecule has 3 rings (SSSR count). The van der Waals surface area contributed by atoms with Gasteiger partial charge in [0.25, 0.3) is 5.91 Å². The lowest BCUT2D eigenvalue weighted by molar-refractivity contribution is -0.123. The Bertz CT molecular complexity index is 955. The normalized spacial score (nSPS) is 11.4. The molecule has 0 saturated heterocycles. The molecule has 8 heteroatoms. The Labute approximate surface area is 153 Å².